The van der Waals surface area contributed by atoms with E-state index in [1.54, 1.807) is 56.5 Å². The number of carbonyl (C=O) groups is 2. The Hall–Kier alpha value is -3.71. The minimum atomic E-state index is -1.29. The quantitative estimate of drug-likeness (QED) is 0.571. The van der Waals surface area contributed by atoms with E-state index in [1.165, 1.54) is 4.90 Å². The molecule has 7 nitrogen and oxygen atoms in total. The molecule has 0 aliphatic carbocycles. The van der Waals surface area contributed by atoms with Crippen LogP contribution in [0.15, 0.2) is 72.8 Å². The van der Waals surface area contributed by atoms with E-state index in [1.807, 2.05) is 30.3 Å². The Labute approximate surface area is 196 Å². The van der Waals surface area contributed by atoms with Crippen molar-refractivity contribution in [3.05, 3.63) is 83.4 Å². The van der Waals surface area contributed by atoms with Crippen molar-refractivity contribution in [2.75, 3.05) is 17.3 Å². The first-order valence-electron chi connectivity index (χ1n) is 10.5. The van der Waals surface area contributed by atoms with Gasteiger partial charge in [-0.3, -0.25) is 9.69 Å². The molecule has 3 aromatic rings. The second-order valence-corrected chi connectivity index (χ2v) is 8.57. The highest BCUT2D eigenvalue weighted by Crippen LogP contribution is 2.50. The average Bonchev–Trinajstić information content (AvgIpc) is 2.80. The van der Waals surface area contributed by atoms with Crippen molar-refractivity contribution in [1.29, 1.82) is 0 Å². The molecule has 2 aliphatic rings. The van der Waals surface area contributed by atoms with Gasteiger partial charge in [-0.2, -0.15) is 0 Å². The summed E-state index contributed by atoms with van der Waals surface area (Å²) in [5.74, 6) is 0.188. The number of amides is 3. The summed E-state index contributed by atoms with van der Waals surface area (Å²) in [5.41, 5.74) is 0.606. The van der Waals surface area contributed by atoms with E-state index in [0.29, 0.717) is 33.5 Å². The summed E-state index contributed by atoms with van der Waals surface area (Å²) in [5, 5.41) is 6.47. The van der Waals surface area contributed by atoms with E-state index in [-0.39, 0.29) is 11.9 Å². The van der Waals surface area contributed by atoms with Crippen LogP contribution >= 0.6 is 11.6 Å². The van der Waals surface area contributed by atoms with Crippen molar-refractivity contribution in [3.63, 3.8) is 0 Å². The second kappa shape index (κ2) is 8.01. The summed E-state index contributed by atoms with van der Waals surface area (Å²) >= 11 is 6.24. The first kappa shape index (κ1) is 21.2. The Morgan fingerprint density at radius 2 is 1.85 bits per heavy atom. The standard InChI is InChI=1S/C25H22ClN3O4/c1-25-21(23(30)27-16-9-11-18(32-2)12-10-16)22(19-14-15(26)8-13-20(19)33-25)28-24(31)29(25)17-6-4-3-5-7-17/h3-14,21-22H,1-2H3,(H,27,30)(H,28,31)/t21-,22+,25+/m1/s1. The van der Waals surface area contributed by atoms with Crippen molar-refractivity contribution in [2.24, 2.45) is 5.92 Å². The lowest BCUT2D eigenvalue weighted by atomic mass is 9.78. The molecule has 1 fully saturated rings. The summed E-state index contributed by atoms with van der Waals surface area (Å²) in [6.45, 7) is 1.77. The molecule has 8 heteroatoms. The number of carbonyl (C=O) groups excluding carboxylic acids is 2. The van der Waals surface area contributed by atoms with E-state index in [2.05, 4.69) is 10.6 Å². The van der Waals surface area contributed by atoms with Gasteiger partial charge in [0.2, 0.25) is 11.6 Å². The second-order valence-electron chi connectivity index (χ2n) is 8.13. The lowest BCUT2D eigenvalue weighted by Crippen LogP contribution is -2.72. The number of fused-ring (bicyclic) bond motifs is 4. The number of nitrogens with one attached hydrogen (secondary N) is 2. The highest BCUT2D eigenvalue weighted by molar-refractivity contribution is 6.30. The topological polar surface area (TPSA) is 79.9 Å². The predicted octanol–water partition coefficient (Wildman–Crippen LogP) is 4.98. The highest BCUT2D eigenvalue weighted by atomic mass is 35.5. The molecule has 0 saturated carbocycles. The van der Waals surface area contributed by atoms with Crippen LogP contribution in [0.25, 0.3) is 0 Å². The summed E-state index contributed by atoms with van der Waals surface area (Å²) < 4.78 is 11.6. The van der Waals surface area contributed by atoms with E-state index in [9.17, 15) is 9.59 Å². The molecule has 2 aliphatic heterocycles. The van der Waals surface area contributed by atoms with E-state index in [0.717, 1.165) is 0 Å². The summed E-state index contributed by atoms with van der Waals surface area (Å²) in [6.07, 6.45) is 0. The average molecular weight is 464 g/mol. The van der Waals surface area contributed by atoms with Crippen LogP contribution in [0.5, 0.6) is 11.5 Å². The van der Waals surface area contributed by atoms with Gasteiger partial charge in [0.05, 0.1) is 13.2 Å². The number of anilines is 2. The molecule has 2 bridgehead atoms. The molecule has 3 amide bonds. The summed E-state index contributed by atoms with van der Waals surface area (Å²) in [6, 6.07) is 20.5. The Morgan fingerprint density at radius 1 is 1.12 bits per heavy atom. The van der Waals surface area contributed by atoms with Gasteiger partial charge < -0.3 is 20.1 Å². The molecule has 3 atom stereocenters. The zero-order chi connectivity index (χ0) is 23.2. The van der Waals surface area contributed by atoms with Crippen LogP contribution in [0.3, 0.4) is 0 Å². The Bertz CT molecular complexity index is 1220. The zero-order valence-corrected chi connectivity index (χ0v) is 18.8. The third-order valence-corrected chi connectivity index (χ3v) is 6.35. The van der Waals surface area contributed by atoms with E-state index < -0.39 is 17.7 Å². The lowest BCUT2D eigenvalue weighted by Gasteiger charge is -2.54. The maximum absolute atomic E-state index is 13.7. The molecule has 0 unspecified atom stereocenters. The van der Waals surface area contributed by atoms with Gasteiger partial charge in [0.15, 0.2) is 0 Å². The van der Waals surface area contributed by atoms with Crippen molar-refractivity contribution in [1.82, 2.24) is 5.32 Å². The van der Waals surface area contributed by atoms with E-state index >= 15 is 0 Å². The third-order valence-electron chi connectivity index (χ3n) is 6.11. The molecule has 2 N–H and O–H groups in total. The van der Waals surface area contributed by atoms with Crippen LogP contribution in [-0.2, 0) is 4.79 Å². The van der Waals surface area contributed by atoms with Crippen LogP contribution in [0.1, 0.15) is 18.5 Å². The van der Waals surface area contributed by atoms with E-state index in [4.69, 9.17) is 21.1 Å². The molecule has 33 heavy (non-hydrogen) atoms. The first-order chi connectivity index (χ1) is 15.9. The number of benzene rings is 3. The number of methoxy groups -OCH3 is 1. The molecule has 0 aromatic heterocycles. The maximum Gasteiger partial charge on any atom is 0.325 e. The summed E-state index contributed by atoms with van der Waals surface area (Å²) in [4.78, 5) is 28.4. The number of para-hydroxylation sites is 1. The monoisotopic (exact) mass is 463 g/mol. The number of nitrogens with zero attached hydrogens (tertiary/aromatic N) is 1. The number of urea groups is 1. The minimum absolute atomic E-state index is 0.292. The van der Waals surface area contributed by atoms with Gasteiger partial charge in [-0.25, -0.2) is 4.79 Å². The van der Waals surface area contributed by atoms with Crippen LogP contribution in [-0.4, -0.2) is 24.8 Å². The van der Waals surface area contributed by atoms with Crippen molar-refractivity contribution in [2.45, 2.75) is 18.7 Å². The molecule has 1 saturated heterocycles. The van der Waals surface area contributed by atoms with Crippen molar-refractivity contribution < 1.29 is 19.1 Å². The van der Waals surface area contributed by atoms with Crippen LogP contribution < -0.4 is 25.0 Å². The Balaban J connectivity index is 1.59. The van der Waals surface area contributed by atoms with Crippen LogP contribution in [0, 0.1) is 5.92 Å². The van der Waals surface area contributed by atoms with Gasteiger partial charge in [0, 0.05) is 22.0 Å². The lowest BCUT2D eigenvalue weighted by molar-refractivity contribution is -0.131. The maximum atomic E-state index is 13.7. The molecule has 3 aromatic carbocycles. The van der Waals surface area contributed by atoms with Gasteiger partial charge in [0.25, 0.3) is 0 Å². The number of hydrogen-bond acceptors (Lipinski definition) is 4. The van der Waals surface area contributed by atoms with Crippen molar-refractivity contribution in [3.8, 4) is 11.5 Å². The zero-order valence-electron chi connectivity index (χ0n) is 18.0. The van der Waals surface area contributed by atoms with Crippen molar-refractivity contribution >= 4 is 34.9 Å². The minimum Gasteiger partial charge on any atom is -0.497 e. The van der Waals surface area contributed by atoms with Crippen LogP contribution in [0.2, 0.25) is 5.02 Å². The molecule has 2 heterocycles. The number of rotatable bonds is 4. The fraction of sp³-hybridized carbons (Fsp3) is 0.200. The SMILES string of the molecule is COc1ccc(NC(=O)[C@H]2[C@H]3NC(=O)N(c4ccccc4)[C@@]2(C)Oc2ccc(Cl)cc23)cc1. The summed E-state index contributed by atoms with van der Waals surface area (Å²) in [7, 11) is 1.58. The van der Waals surface area contributed by atoms with Gasteiger partial charge in [-0.15, -0.1) is 0 Å². The fourth-order valence-corrected chi connectivity index (χ4v) is 4.80. The Morgan fingerprint density at radius 3 is 2.55 bits per heavy atom. The van der Waals surface area contributed by atoms with Gasteiger partial charge in [-0.05, 0) is 61.5 Å². The molecule has 5 rings (SSSR count). The highest BCUT2D eigenvalue weighted by Gasteiger charge is 2.60. The predicted molar refractivity (Wildman–Crippen MR) is 126 cm³/mol. The van der Waals surface area contributed by atoms with Gasteiger partial charge in [-0.1, -0.05) is 29.8 Å². The number of hydrogen-bond donors (Lipinski definition) is 2. The largest absolute Gasteiger partial charge is 0.497 e. The van der Waals surface area contributed by atoms with Gasteiger partial charge in [0.1, 0.15) is 17.4 Å². The molecular formula is C25H22ClN3O4. The molecule has 0 radical (unpaired) electrons. The number of halogens is 1. The number of ether oxygens (including phenoxy) is 2. The molecule has 0 spiro atoms. The molecule has 168 valence electrons. The van der Waals surface area contributed by atoms with Crippen LogP contribution in [0.4, 0.5) is 16.2 Å². The smallest absolute Gasteiger partial charge is 0.325 e. The normalized spacial score (nSPS) is 23.1. The first-order valence-corrected chi connectivity index (χ1v) is 10.9. The fourth-order valence-electron chi connectivity index (χ4n) is 4.61. The Kier molecular flexibility index (Phi) is 5.13. The van der Waals surface area contributed by atoms with Gasteiger partial charge >= 0.3 is 6.03 Å². The third kappa shape index (κ3) is 3.54. The molecular weight excluding hydrogens is 442 g/mol.